The molecule has 1 amide bonds. The highest BCUT2D eigenvalue weighted by Crippen LogP contribution is 2.42. The molecule has 1 unspecified atom stereocenters. The van der Waals surface area contributed by atoms with Gasteiger partial charge in [-0.15, -0.1) is 0 Å². The van der Waals surface area contributed by atoms with Crippen LogP contribution in [0.5, 0.6) is 11.5 Å². The third-order valence-electron chi connectivity index (χ3n) is 6.54. The Morgan fingerprint density at radius 1 is 1.12 bits per heavy atom. The number of nitrogens with zero attached hydrogens (tertiary/aromatic N) is 2. The number of amides is 1. The van der Waals surface area contributed by atoms with E-state index in [9.17, 15) is 4.79 Å². The summed E-state index contributed by atoms with van der Waals surface area (Å²) < 4.78 is 12.1. The second kappa shape index (κ2) is 8.12. The first-order chi connectivity index (χ1) is 15.4. The molecule has 0 N–H and O–H groups in total. The zero-order valence-corrected chi connectivity index (χ0v) is 19.1. The number of allylic oxidation sites excluding steroid dienone is 1. The van der Waals surface area contributed by atoms with E-state index in [-0.39, 0.29) is 24.0 Å². The maximum atomic E-state index is 13.5. The Labute approximate surface area is 189 Å². The number of rotatable bonds is 4. The molecule has 2 aromatic rings. The first-order valence-electron chi connectivity index (χ1n) is 11.6. The molecule has 0 bridgehead atoms. The van der Waals surface area contributed by atoms with Gasteiger partial charge in [-0.2, -0.15) is 0 Å². The number of para-hydroxylation sites is 2. The number of hydrogen-bond acceptors (Lipinski definition) is 4. The lowest BCUT2D eigenvalue weighted by molar-refractivity contribution is -0.119. The normalized spacial score (nSPS) is 20.8. The Morgan fingerprint density at radius 2 is 1.91 bits per heavy atom. The van der Waals surface area contributed by atoms with E-state index >= 15 is 0 Å². The maximum Gasteiger partial charge on any atom is 0.270 e. The number of aliphatic imine (C=N–C) groups is 1. The minimum atomic E-state index is -0.263. The maximum absolute atomic E-state index is 13.5. The number of anilines is 1. The van der Waals surface area contributed by atoms with Crippen molar-refractivity contribution in [3.63, 3.8) is 0 Å². The average molecular weight is 431 g/mol. The predicted molar refractivity (Wildman–Crippen MR) is 126 cm³/mol. The van der Waals surface area contributed by atoms with Crippen LogP contribution in [0.3, 0.4) is 0 Å². The molecule has 0 spiro atoms. The van der Waals surface area contributed by atoms with E-state index in [0.717, 1.165) is 42.1 Å². The van der Waals surface area contributed by atoms with Crippen LogP contribution in [0.25, 0.3) is 0 Å². The first-order valence-corrected chi connectivity index (χ1v) is 11.6. The van der Waals surface area contributed by atoms with Crippen molar-refractivity contribution in [2.75, 3.05) is 11.5 Å². The summed E-state index contributed by atoms with van der Waals surface area (Å²) in [5, 5.41) is 0. The molecule has 2 aromatic carbocycles. The van der Waals surface area contributed by atoms with E-state index in [0.29, 0.717) is 5.75 Å². The van der Waals surface area contributed by atoms with Gasteiger partial charge in [0.05, 0.1) is 5.69 Å². The summed E-state index contributed by atoms with van der Waals surface area (Å²) in [4.78, 5) is 20.2. The minimum Gasteiger partial charge on any atom is -0.483 e. The van der Waals surface area contributed by atoms with Crippen LogP contribution in [0.15, 0.2) is 64.8 Å². The van der Waals surface area contributed by atoms with Crippen LogP contribution in [0.4, 0.5) is 5.69 Å². The average Bonchev–Trinajstić information content (AvgIpc) is 3.29. The van der Waals surface area contributed by atoms with E-state index < -0.39 is 0 Å². The Kier molecular flexibility index (Phi) is 5.28. The standard InChI is InChI=1S/C27H30N2O3/c1-18-21-13-7-8-14-22(21)28-26(18)29(20-11-5-4-6-12-20)24(30)17-31-23-15-9-10-19-16-27(2,3)32-25(19)23/h4-6,9-12,15,18H,7-8,13-14,16-17H2,1-3H3. The first kappa shape index (κ1) is 20.8. The van der Waals surface area contributed by atoms with Crippen molar-refractivity contribution in [2.24, 2.45) is 10.9 Å². The van der Waals surface area contributed by atoms with Gasteiger partial charge in [-0.1, -0.05) is 37.3 Å². The summed E-state index contributed by atoms with van der Waals surface area (Å²) in [5.74, 6) is 2.19. The summed E-state index contributed by atoms with van der Waals surface area (Å²) in [7, 11) is 0. The fourth-order valence-corrected chi connectivity index (χ4v) is 5.03. The SMILES string of the molecule is CC1C(N(C(=O)COc2cccc3c2OC(C)(C)C3)c2ccccc2)=NC2=C1CCCC2. The van der Waals surface area contributed by atoms with Gasteiger partial charge in [-0.25, -0.2) is 4.99 Å². The molecule has 0 radical (unpaired) electrons. The van der Waals surface area contributed by atoms with Gasteiger partial charge in [0.15, 0.2) is 18.1 Å². The fourth-order valence-electron chi connectivity index (χ4n) is 5.03. The molecular formula is C27H30N2O3. The smallest absolute Gasteiger partial charge is 0.270 e. The molecule has 5 nitrogen and oxygen atoms in total. The molecule has 5 rings (SSSR count). The van der Waals surface area contributed by atoms with Crippen molar-refractivity contribution in [3.8, 4) is 11.5 Å². The van der Waals surface area contributed by atoms with Crippen LogP contribution in [-0.2, 0) is 11.2 Å². The number of carbonyl (C=O) groups excluding carboxylic acids is 1. The van der Waals surface area contributed by atoms with Crippen LogP contribution in [0, 0.1) is 5.92 Å². The van der Waals surface area contributed by atoms with Gasteiger partial charge in [-0.3, -0.25) is 9.69 Å². The lowest BCUT2D eigenvalue weighted by Gasteiger charge is -2.26. The summed E-state index contributed by atoms with van der Waals surface area (Å²) in [6.07, 6.45) is 5.26. The highest BCUT2D eigenvalue weighted by Gasteiger charge is 2.35. The lowest BCUT2D eigenvalue weighted by Crippen LogP contribution is -2.42. The molecule has 166 valence electrons. The van der Waals surface area contributed by atoms with Crippen LogP contribution in [0.2, 0.25) is 0 Å². The lowest BCUT2D eigenvalue weighted by atomic mass is 9.89. The molecule has 0 saturated carbocycles. The molecule has 5 heteroatoms. The minimum absolute atomic E-state index is 0.0778. The summed E-state index contributed by atoms with van der Waals surface area (Å²) in [6.45, 7) is 6.21. The van der Waals surface area contributed by atoms with E-state index in [1.807, 2.05) is 42.5 Å². The second-order valence-corrected chi connectivity index (χ2v) is 9.51. The summed E-state index contributed by atoms with van der Waals surface area (Å²) >= 11 is 0. The topological polar surface area (TPSA) is 51.1 Å². The molecule has 0 fully saturated rings. The van der Waals surface area contributed by atoms with Crippen LogP contribution < -0.4 is 14.4 Å². The van der Waals surface area contributed by atoms with Gasteiger partial charge in [0.1, 0.15) is 11.4 Å². The number of amidine groups is 1. The molecule has 0 aromatic heterocycles. The van der Waals surface area contributed by atoms with Gasteiger partial charge in [0, 0.05) is 23.6 Å². The molecule has 2 heterocycles. The Morgan fingerprint density at radius 3 is 2.69 bits per heavy atom. The number of carbonyl (C=O) groups is 1. The molecule has 1 atom stereocenters. The third kappa shape index (κ3) is 3.81. The van der Waals surface area contributed by atoms with Gasteiger partial charge in [-0.05, 0) is 63.3 Å². The van der Waals surface area contributed by atoms with Crippen LogP contribution in [-0.4, -0.2) is 24.0 Å². The highest BCUT2D eigenvalue weighted by molar-refractivity contribution is 6.19. The van der Waals surface area contributed by atoms with Crippen LogP contribution >= 0.6 is 0 Å². The third-order valence-corrected chi connectivity index (χ3v) is 6.54. The molecule has 2 aliphatic heterocycles. The molecule has 32 heavy (non-hydrogen) atoms. The molecule has 1 aliphatic carbocycles. The second-order valence-electron chi connectivity index (χ2n) is 9.51. The van der Waals surface area contributed by atoms with E-state index in [4.69, 9.17) is 14.5 Å². The van der Waals surface area contributed by atoms with Gasteiger partial charge in [0.2, 0.25) is 0 Å². The Hall–Kier alpha value is -3.08. The number of ether oxygens (including phenoxy) is 2. The molecule has 3 aliphatic rings. The van der Waals surface area contributed by atoms with Crippen LogP contribution in [0.1, 0.15) is 52.0 Å². The number of hydrogen-bond donors (Lipinski definition) is 0. The number of fused-ring (bicyclic) bond motifs is 1. The van der Waals surface area contributed by atoms with Crippen molar-refractivity contribution in [1.29, 1.82) is 0 Å². The van der Waals surface area contributed by atoms with E-state index in [2.05, 4.69) is 26.8 Å². The van der Waals surface area contributed by atoms with Crippen molar-refractivity contribution in [2.45, 2.75) is 58.5 Å². The number of benzene rings is 2. The van der Waals surface area contributed by atoms with Crippen molar-refractivity contribution in [3.05, 3.63) is 65.4 Å². The van der Waals surface area contributed by atoms with Crippen molar-refractivity contribution < 1.29 is 14.3 Å². The van der Waals surface area contributed by atoms with E-state index in [1.165, 1.54) is 24.1 Å². The zero-order valence-electron chi connectivity index (χ0n) is 19.1. The highest BCUT2D eigenvalue weighted by atomic mass is 16.5. The molecule has 0 saturated heterocycles. The largest absolute Gasteiger partial charge is 0.483 e. The van der Waals surface area contributed by atoms with Gasteiger partial charge in [0.25, 0.3) is 5.91 Å². The van der Waals surface area contributed by atoms with Gasteiger partial charge >= 0.3 is 0 Å². The Balaban J connectivity index is 1.40. The van der Waals surface area contributed by atoms with Crippen molar-refractivity contribution in [1.82, 2.24) is 0 Å². The monoisotopic (exact) mass is 430 g/mol. The molecular weight excluding hydrogens is 400 g/mol. The predicted octanol–water partition coefficient (Wildman–Crippen LogP) is 5.69. The van der Waals surface area contributed by atoms with Crippen molar-refractivity contribution >= 4 is 17.4 Å². The fraction of sp³-hybridized carbons (Fsp3) is 0.407. The quantitative estimate of drug-likeness (QED) is 0.626. The van der Waals surface area contributed by atoms with Gasteiger partial charge < -0.3 is 9.47 Å². The Bertz CT molecular complexity index is 1100. The summed E-state index contributed by atoms with van der Waals surface area (Å²) in [5.41, 5.74) is 4.23. The summed E-state index contributed by atoms with van der Waals surface area (Å²) in [6, 6.07) is 15.6. The zero-order chi connectivity index (χ0) is 22.3. The van der Waals surface area contributed by atoms with E-state index in [1.54, 1.807) is 4.90 Å².